The minimum Gasteiger partial charge on any atom is -0.368 e. The summed E-state index contributed by atoms with van der Waals surface area (Å²) in [4.78, 5) is 30.0. The van der Waals surface area contributed by atoms with Crippen molar-refractivity contribution in [1.82, 2.24) is 19.2 Å². The van der Waals surface area contributed by atoms with Crippen LogP contribution in [0.5, 0.6) is 0 Å². The molecule has 2 aromatic carbocycles. The molecule has 1 amide bonds. The monoisotopic (exact) mass is 477 g/mol. The number of fused-ring (bicyclic) bond motifs is 3. The predicted octanol–water partition coefficient (Wildman–Crippen LogP) is 3.98. The Kier molecular flexibility index (Phi) is 6.04. The van der Waals surface area contributed by atoms with Crippen molar-refractivity contribution in [3.8, 4) is 0 Å². The van der Waals surface area contributed by atoms with Crippen LogP contribution in [0.4, 0.5) is 5.69 Å². The molecule has 0 unspecified atom stereocenters. The minimum atomic E-state index is -0.118. The van der Waals surface area contributed by atoms with Crippen LogP contribution in [-0.4, -0.2) is 51.3 Å². The first-order valence-electron chi connectivity index (χ1n) is 11.7. The third-order valence-electron chi connectivity index (χ3n) is 6.78. The maximum Gasteiger partial charge on any atom is 0.291 e. The smallest absolute Gasteiger partial charge is 0.291 e. The molecule has 0 saturated carbocycles. The number of hydrogen-bond donors (Lipinski definition) is 0. The molecule has 0 bridgehead atoms. The second-order valence-electron chi connectivity index (χ2n) is 8.91. The lowest BCUT2D eigenvalue weighted by molar-refractivity contribution is -0.131. The van der Waals surface area contributed by atoms with E-state index in [2.05, 4.69) is 16.9 Å². The summed E-state index contributed by atoms with van der Waals surface area (Å²) >= 11 is 6.19. The van der Waals surface area contributed by atoms with Gasteiger partial charge < -0.3 is 14.4 Å². The molecule has 3 heterocycles. The summed E-state index contributed by atoms with van der Waals surface area (Å²) in [5.41, 5.74) is 3.86. The summed E-state index contributed by atoms with van der Waals surface area (Å²) in [7, 11) is 1.66. The highest BCUT2D eigenvalue weighted by atomic mass is 35.5. The van der Waals surface area contributed by atoms with E-state index in [9.17, 15) is 9.59 Å². The molecule has 0 spiro atoms. The van der Waals surface area contributed by atoms with Crippen LogP contribution in [-0.2, 0) is 18.4 Å². The molecule has 0 radical (unpaired) electrons. The maximum atomic E-state index is 12.9. The molecule has 1 saturated heterocycles. The Morgan fingerprint density at radius 1 is 1.06 bits per heavy atom. The largest absolute Gasteiger partial charge is 0.368 e. The molecule has 7 nitrogen and oxygen atoms in total. The van der Waals surface area contributed by atoms with Crippen molar-refractivity contribution in [2.75, 3.05) is 31.1 Å². The van der Waals surface area contributed by atoms with E-state index in [1.165, 1.54) is 10.2 Å². The molecule has 8 heteroatoms. The highest BCUT2D eigenvalue weighted by Gasteiger charge is 2.22. The van der Waals surface area contributed by atoms with Crippen LogP contribution in [0.2, 0.25) is 5.02 Å². The van der Waals surface area contributed by atoms with Crippen LogP contribution in [0, 0.1) is 6.92 Å². The normalized spacial score (nSPS) is 14.3. The van der Waals surface area contributed by atoms with E-state index in [0.717, 1.165) is 40.1 Å². The molecule has 2 aromatic heterocycles. The Bertz CT molecular complexity index is 1430. The summed E-state index contributed by atoms with van der Waals surface area (Å²) in [6.07, 6.45) is 2.88. The molecule has 1 aliphatic heterocycles. The van der Waals surface area contributed by atoms with Crippen molar-refractivity contribution in [3.63, 3.8) is 0 Å². The lowest BCUT2D eigenvalue weighted by Crippen LogP contribution is -2.49. The zero-order chi connectivity index (χ0) is 23.8. The maximum absolute atomic E-state index is 12.9. The molecule has 5 rings (SSSR count). The van der Waals surface area contributed by atoms with Gasteiger partial charge in [0.05, 0.1) is 6.20 Å². The standard InChI is InChI=1S/C26H28ClN5O2/c1-18-9-10-19(27)16-23(18)30-12-14-31(15-13-30)24(33)8-5-11-32-22-7-4-3-6-20(22)21-17-28-29(2)26(34)25(21)32/h3-4,6-7,9-10,16-17H,5,8,11-15H2,1-2H3. The number of hydrogen-bond acceptors (Lipinski definition) is 4. The molecule has 1 fully saturated rings. The van der Waals surface area contributed by atoms with E-state index in [0.29, 0.717) is 38.0 Å². The number of rotatable bonds is 5. The van der Waals surface area contributed by atoms with Gasteiger partial charge in [-0.1, -0.05) is 35.9 Å². The second-order valence-corrected chi connectivity index (χ2v) is 9.34. The average Bonchev–Trinajstić information content (AvgIpc) is 3.17. The van der Waals surface area contributed by atoms with Gasteiger partial charge in [-0.3, -0.25) is 9.59 Å². The highest BCUT2D eigenvalue weighted by Crippen LogP contribution is 2.27. The highest BCUT2D eigenvalue weighted by molar-refractivity contribution is 6.30. The van der Waals surface area contributed by atoms with Crippen LogP contribution >= 0.6 is 11.6 Å². The summed E-state index contributed by atoms with van der Waals surface area (Å²) in [6.45, 7) is 5.68. The van der Waals surface area contributed by atoms with Crippen molar-refractivity contribution in [2.45, 2.75) is 26.3 Å². The van der Waals surface area contributed by atoms with E-state index in [1.807, 2.05) is 51.9 Å². The first kappa shape index (κ1) is 22.5. The van der Waals surface area contributed by atoms with Gasteiger partial charge in [0.2, 0.25) is 5.91 Å². The minimum absolute atomic E-state index is 0.118. The topological polar surface area (TPSA) is 63.4 Å². The fourth-order valence-corrected chi connectivity index (χ4v) is 5.11. The van der Waals surface area contributed by atoms with E-state index in [-0.39, 0.29) is 11.5 Å². The molecule has 0 N–H and O–H groups in total. The zero-order valence-corrected chi connectivity index (χ0v) is 20.3. The van der Waals surface area contributed by atoms with Crippen molar-refractivity contribution in [3.05, 3.63) is 69.6 Å². The van der Waals surface area contributed by atoms with Gasteiger partial charge in [0, 0.05) is 73.2 Å². The van der Waals surface area contributed by atoms with Gasteiger partial charge in [-0.05, 0) is 37.1 Å². The number of amides is 1. The number of carbonyl (C=O) groups excluding carboxylic acids is 1. The Balaban J connectivity index is 1.25. The number of halogens is 1. The molecular weight excluding hydrogens is 450 g/mol. The number of benzene rings is 2. The fourth-order valence-electron chi connectivity index (χ4n) is 4.94. The molecular formula is C26H28ClN5O2. The summed E-state index contributed by atoms with van der Waals surface area (Å²) in [5, 5.41) is 6.80. The summed E-state index contributed by atoms with van der Waals surface area (Å²) in [5.74, 6) is 0.165. The third kappa shape index (κ3) is 4.05. The number of piperazine rings is 1. The quantitative estimate of drug-likeness (QED) is 0.436. The third-order valence-corrected chi connectivity index (χ3v) is 7.02. The van der Waals surface area contributed by atoms with Crippen molar-refractivity contribution >= 4 is 45.0 Å². The Morgan fingerprint density at radius 3 is 2.62 bits per heavy atom. The number of para-hydroxylation sites is 1. The Morgan fingerprint density at radius 2 is 1.82 bits per heavy atom. The van der Waals surface area contributed by atoms with E-state index < -0.39 is 0 Å². The lowest BCUT2D eigenvalue weighted by atomic mass is 10.1. The van der Waals surface area contributed by atoms with Crippen LogP contribution in [0.25, 0.3) is 21.8 Å². The molecule has 0 aliphatic carbocycles. The van der Waals surface area contributed by atoms with E-state index in [4.69, 9.17) is 11.6 Å². The Labute approximate surface area is 203 Å². The van der Waals surface area contributed by atoms with Crippen molar-refractivity contribution in [1.29, 1.82) is 0 Å². The van der Waals surface area contributed by atoms with Crippen LogP contribution in [0.15, 0.2) is 53.5 Å². The molecule has 1 aliphatic rings. The van der Waals surface area contributed by atoms with Gasteiger partial charge in [-0.15, -0.1) is 0 Å². The second kappa shape index (κ2) is 9.14. The van der Waals surface area contributed by atoms with Gasteiger partial charge in [-0.2, -0.15) is 5.10 Å². The number of aromatic nitrogens is 3. The Hall–Kier alpha value is -3.32. The van der Waals surface area contributed by atoms with Crippen LogP contribution < -0.4 is 10.5 Å². The first-order chi connectivity index (χ1) is 16.4. The number of nitrogens with zero attached hydrogens (tertiary/aromatic N) is 5. The van der Waals surface area contributed by atoms with Gasteiger partial charge in [0.25, 0.3) is 5.56 Å². The fraction of sp³-hybridized carbons (Fsp3) is 0.346. The SMILES string of the molecule is Cc1ccc(Cl)cc1N1CCN(C(=O)CCCn2c3ccccc3c3cnn(C)c(=O)c32)CC1. The number of carbonyl (C=O) groups is 1. The molecule has 4 aromatic rings. The molecule has 176 valence electrons. The van der Waals surface area contributed by atoms with E-state index >= 15 is 0 Å². The van der Waals surface area contributed by atoms with Gasteiger partial charge in [-0.25, -0.2) is 4.68 Å². The van der Waals surface area contributed by atoms with E-state index in [1.54, 1.807) is 13.2 Å². The average molecular weight is 478 g/mol. The summed E-state index contributed by atoms with van der Waals surface area (Å²) in [6, 6.07) is 13.9. The molecule has 34 heavy (non-hydrogen) atoms. The number of aryl methyl sites for hydroxylation is 3. The van der Waals surface area contributed by atoms with Gasteiger partial charge >= 0.3 is 0 Å². The van der Waals surface area contributed by atoms with Gasteiger partial charge in [0.1, 0.15) is 5.52 Å². The van der Waals surface area contributed by atoms with Crippen molar-refractivity contribution in [2.24, 2.45) is 7.05 Å². The zero-order valence-electron chi connectivity index (χ0n) is 19.5. The predicted molar refractivity (Wildman–Crippen MR) is 137 cm³/mol. The van der Waals surface area contributed by atoms with Crippen LogP contribution in [0.3, 0.4) is 0 Å². The number of anilines is 1. The summed E-state index contributed by atoms with van der Waals surface area (Å²) < 4.78 is 3.41. The van der Waals surface area contributed by atoms with Crippen LogP contribution in [0.1, 0.15) is 18.4 Å². The van der Waals surface area contributed by atoms with Gasteiger partial charge in [0.15, 0.2) is 0 Å². The van der Waals surface area contributed by atoms with Crippen molar-refractivity contribution < 1.29 is 4.79 Å². The first-order valence-corrected chi connectivity index (χ1v) is 12.0. The lowest BCUT2D eigenvalue weighted by Gasteiger charge is -2.37. The molecule has 0 atom stereocenters.